The standard InChI is InChI=1S/C6H5BrO.Ca.2H/c7-5-1-3-6(8)4-2-5;;;/h1-4,8H;;;/q;+2;2*-1. The molecule has 0 saturated heterocycles. The van der Waals surface area contributed by atoms with Crippen LogP contribution < -0.4 is 0 Å². The van der Waals surface area contributed by atoms with Gasteiger partial charge in [-0.15, -0.1) is 0 Å². The van der Waals surface area contributed by atoms with Crippen molar-refractivity contribution in [3.05, 3.63) is 28.7 Å². The van der Waals surface area contributed by atoms with Gasteiger partial charge in [0.2, 0.25) is 0 Å². The van der Waals surface area contributed by atoms with E-state index in [-0.39, 0.29) is 40.6 Å². The largest absolute Gasteiger partial charge is 2.00 e. The van der Waals surface area contributed by atoms with E-state index < -0.39 is 0 Å². The molecule has 0 spiro atoms. The van der Waals surface area contributed by atoms with E-state index in [1.54, 1.807) is 24.3 Å². The van der Waals surface area contributed by atoms with E-state index in [2.05, 4.69) is 15.9 Å². The number of benzene rings is 1. The van der Waals surface area contributed by atoms with E-state index in [0.717, 1.165) is 4.47 Å². The van der Waals surface area contributed by atoms with E-state index in [4.69, 9.17) is 5.11 Å². The zero-order chi connectivity index (χ0) is 5.98. The third kappa shape index (κ3) is 3.46. The predicted octanol–water partition coefficient (Wildman–Crippen LogP) is 2.00. The second-order valence-corrected chi connectivity index (χ2v) is 2.39. The molecule has 0 radical (unpaired) electrons. The normalized spacial score (nSPS) is 8.11. The van der Waals surface area contributed by atoms with E-state index in [9.17, 15) is 0 Å². The van der Waals surface area contributed by atoms with Gasteiger partial charge in [0.05, 0.1) is 0 Å². The smallest absolute Gasteiger partial charge is 1.00 e. The van der Waals surface area contributed by atoms with Crippen molar-refractivity contribution in [2.24, 2.45) is 0 Å². The number of rotatable bonds is 0. The molecule has 0 aliphatic heterocycles. The summed E-state index contributed by atoms with van der Waals surface area (Å²) in [5.74, 6) is 0.299. The first-order chi connectivity index (χ1) is 3.79. The quantitative estimate of drug-likeness (QED) is 0.656. The summed E-state index contributed by atoms with van der Waals surface area (Å²) in [4.78, 5) is 0. The molecule has 1 aromatic rings. The second-order valence-electron chi connectivity index (χ2n) is 1.48. The van der Waals surface area contributed by atoms with Crippen LogP contribution in [0.5, 0.6) is 5.75 Å². The molecule has 1 aromatic carbocycles. The first-order valence-corrected chi connectivity index (χ1v) is 3.03. The van der Waals surface area contributed by atoms with Gasteiger partial charge in [-0.2, -0.15) is 0 Å². The molecule has 0 amide bonds. The monoisotopic (exact) mass is 214 g/mol. The van der Waals surface area contributed by atoms with Crippen molar-refractivity contribution in [2.75, 3.05) is 0 Å². The van der Waals surface area contributed by atoms with Gasteiger partial charge in [0, 0.05) is 4.47 Å². The molecule has 0 aliphatic carbocycles. The van der Waals surface area contributed by atoms with Crippen LogP contribution in [0.4, 0.5) is 0 Å². The summed E-state index contributed by atoms with van der Waals surface area (Å²) in [6.07, 6.45) is 0. The Labute approximate surface area is 95.2 Å². The summed E-state index contributed by atoms with van der Waals surface area (Å²) >= 11 is 3.23. The number of phenolic OH excluding ortho intramolecular Hbond substituents is 1. The third-order valence-electron chi connectivity index (χ3n) is 0.827. The van der Waals surface area contributed by atoms with E-state index in [0.29, 0.717) is 5.75 Å². The SMILES string of the molecule is Oc1ccc(Br)cc1.[Ca+2].[H-].[H-]. The Balaban J connectivity index is -0.000000213. The Bertz CT molecular complexity index is 159. The Morgan fingerprint density at radius 2 is 1.67 bits per heavy atom. The van der Waals surface area contributed by atoms with E-state index >= 15 is 0 Å². The van der Waals surface area contributed by atoms with Gasteiger partial charge in [0.25, 0.3) is 0 Å². The van der Waals surface area contributed by atoms with Crippen molar-refractivity contribution in [3.63, 3.8) is 0 Å². The van der Waals surface area contributed by atoms with Crippen molar-refractivity contribution >= 4 is 53.7 Å². The van der Waals surface area contributed by atoms with Crippen LogP contribution in [0.25, 0.3) is 0 Å². The summed E-state index contributed by atoms with van der Waals surface area (Å²) in [5, 5.41) is 8.74. The number of phenols is 1. The van der Waals surface area contributed by atoms with Crippen molar-refractivity contribution in [3.8, 4) is 5.75 Å². The zero-order valence-corrected chi connectivity index (χ0v) is 8.64. The molecule has 1 nitrogen and oxygen atoms in total. The van der Waals surface area contributed by atoms with Gasteiger partial charge in [-0.05, 0) is 24.3 Å². The topological polar surface area (TPSA) is 20.2 Å². The molecule has 46 valence electrons. The maximum Gasteiger partial charge on any atom is 2.00 e. The van der Waals surface area contributed by atoms with Gasteiger partial charge in [-0.25, -0.2) is 0 Å². The Hall–Kier alpha value is 0.760. The minimum atomic E-state index is 0. The molecule has 0 heterocycles. The molecule has 0 atom stereocenters. The maximum absolute atomic E-state index is 8.74. The first-order valence-electron chi connectivity index (χ1n) is 2.23. The molecular weight excluding hydrogens is 208 g/mol. The zero-order valence-electron chi connectivity index (χ0n) is 6.84. The molecule has 3 heteroatoms. The fraction of sp³-hybridized carbons (Fsp3) is 0. The van der Waals surface area contributed by atoms with Gasteiger partial charge in [0.1, 0.15) is 5.75 Å². The van der Waals surface area contributed by atoms with Crippen LogP contribution in [0.2, 0.25) is 0 Å². The molecule has 0 aromatic heterocycles. The van der Waals surface area contributed by atoms with Crippen LogP contribution in [-0.2, 0) is 0 Å². The Morgan fingerprint density at radius 3 is 2.00 bits per heavy atom. The van der Waals surface area contributed by atoms with Crippen LogP contribution >= 0.6 is 15.9 Å². The van der Waals surface area contributed by atoms with Crippen molar-refractivity contribution in [1.82, 2.24) is 0 Å². The number of hydrogen-bond acceptors (Lipinski definition) is 1. The van der Waals surface area contributed by atoms with Crippen molar-refractivity contribution < 1.29 is 7.96 Å². The Morgan fingerprint density at radius 1 is 1.22 bits per heavy atom. The van der Waals surface area contributed by atoms with Crippen LogP contribution in [0, 0.1) is 0 Å². The predicted molar refractivity (Wildman–Crippen MR) is 43.8 cm³/mol. The number of hydrogen-bond donors (Lipinski definition) is 1. The van der Waals surface area contributed by atoms with Gasteiger partial charge in [0.15, 0.2) is 0 Å². The molecule has 0 fully saturated rings. The van der Waals surface area contributed by atoms with Crippen molar-refractivity contribution in [1.29, 1.82) is 0 Å². The fourth-order valence-corrected chi connectivity index (χ4v) is 0.705. The second kappa shape index (κ2) is 4.56. The van der Waals surface area contributed by atoms with Gasteiger partial charge in [-0.1, -0.05) is 15.9 Å². The maximum atomic E-state index is 8.74. The average molecular weight is 215 g/mol. The fourth-order valence-electron chi connectivity index (χ4n) is 0.441. The van der Waals surface area contributed by atoms with Gasteiger partial charge < -0.3 is 7.96 Å². The molecule has 1 N–H and O–H groups in total. The van der Waals surface area contributed by atoms with Crippen LogP contribution in [0.15, 0.2) is 28.7 Å². The van der Waals surface area contributed by atoms with Crippen LogP contribution in [-0.4, -0.2) is 42.8 Å². The molecule has 0 aliphatic rings. The summed E-state index contributed by atoms with van der Waals surface area (Å²) < 4.78 is 0.982. The van der Waals surface area contributed by atoms with E-state index in [1.165, 1.54) is 0 Å². The van der Waals surface area contributed by atoms with Crippen molar-refractivity contribution in [2.45, 2.75) is 0 Å². The Kier molecular flexibility index (Phi) is 4.94. The summed E-state index contributed by atoms with van der Waals surface area (Å²) in [7, 11) is 0. The molecule has 0 unspecified atom stereocenters. The van der Waals surface area contributed by atoms with E-state index in [1.807, 2.05) is 0 Å². The number of aromatic hydroxyl groups is 1. The third-order valence-corrected chi connectivity index (χ3v) is 1.36. The molecule has 1 rings (SSSR count). The minimum absolute atomic E-state index is 0. The summed E-state index contributed by atoms with van der Waals surface area (Å²) in [6, 6.07) is 6.83. The van der Waals surface area contributed by atoms with Crippen LogP contribution in [0.3, 0.4) is 0 Å². The van der Waals surface area contributed by atoms with Crippen LogP contribution in [0.1, 0.15) is 2.85 Å². The molecular formula is C6H7BrCaO. The molecule has 0 saturated carbocycles. The summed E-state index contributed by atoms with van der Waals surface area (Å²) in [6.45, 7) is 0. The van der Waals surface area contributed by atoms with Gasteiger partial charge >= 0.3 is 37.7 Å². The average Bonchev–Trinajstić information content (AvgIpc) is 1.77. The minimum Gasteiger partial charge on any atom is -1.00 e. The first kappa shape index (κ1) is 9.76. The summed E-state index contributed by atoms with van der Waals surface area (Å²) in [5.41, 5.74) is 0. The molecule has 9 heavy (non-hydrogen) atoms. The number of halogens is 1. The molecule has 0 bridgehead atoms. The van der Waals surface area contributed by atoms with Gasteiger partial charge in [-0.3, -0.25) is 0 Å².